The van der Waals surface area contributed by atoms with Gasteiger partial charge in [0.05, 0.1) is 11.4 Å². The van der Waals surface area contributed by atoms with Crippen LogP contribution in [0.25, 0.3) is 0 Å². The van der Waals surface area contributed by atoms with Gasteiger partial charge >= 0.3 is 0 Å². The van der Waals surface area contributed by atoms with Crippen LogP contribution in [0.1, 0.15) is 12.0 Å². The molecular formula is C16H12BrFN2O2. The van der Waals surface area contributed by atoms with E-state index in [1.54, 1.807) is 18.2 Å². The lowest BCUT2D eigenvalue weighted by molar-refractivity contribution is -0.125. The molecule has 1 aliphatic rings. The quantitative estimate of drug-likeness (QED) is 0.904. The Morgan fingerprint density at radius 2 is 2.09 bits per heavy atom. The summed E-state index contributed by atoms with van der Waals surface area (Å²) in [5.41, 5.74) is 1.85. The topological polar surface area (TPSA) is 50.7 Å². The minimum atomic E-state index is -0.717. The van der Waals surface area contributed by atoms with Gasteiger partial charge in [-0.15, -0.1) is 0 Å². The van der Waals surface area contributed by atoms with E-state index in [9.17, 15) is 9.18 Å². The fourth-order valence-electron chi connectivity index (χ4n) is 2.13. The van der Waals surface area contributed by atoms with E-state index in [2.05, 4.69) is 26.4 Å². The first-order valence-electron chi connectivity index (χ1n) is 6.67. The number of carbonyl (C=O) groups is 1. The lowest BCUT2D eigenvalue weighted by Crippen LogP contribution is -2.28. The van der Waals surface area contributed by atoms with E-state index in [1.165, 1.54) is 12.1 Å². The van der Waals surface area contributed by atoms with Gasteiger partial charge in [-0.1, -0.05) is 29.4 Å². The van der Waals surface area contributed by atoms with Gasteiger partial charge in [0.15, 0.2) is 0 Å². The summed E-state index contributed by atoms with van der Waals surface area (Å²) >= 11 is 3.36. The molecule has 0 aliphatic carbocycles. The molecule has 1 N–H and O–H groups in total. The lowest BCUT2D eigenvalue weighted by atomic mass is 10.0. The fraction of sp³-hybridized carbons (Fsp3) is 0.125. The molecule has 112 valence electrons. The van der Waals surface area contributed by atoms with E-state index in [-0.39, 0.29) is 11.7 Å². The van der Waals surface area contributed by atoms with Crippen molar-refractivity contribution in [1.82, 2.24) is 0 Å². The maximum Gasteiger partial charge on any atom is 0.268 e. The van der Waals surface area contributed by atoms with E-state index in [0.29, 0.717) is 23.4 Å². The molecule has 0 radical (unpaired) electrons. The number of halogens is 2. The summed E-state index contributed by atoms with van der Waals surface area (Å²) in [6.45, 7) is 0. The summed E-state index contributed by atoms with van der Waals surface area (Å²) in [6.07, 6.45) is -0.412. The first kappa shape index (κ1) is 14.7. The number of hydrogen-bond donors (Lipinski definition) is 1. The highest BCUT2D eigenvalue weighted by Crippen LogP contribution is 2.23. The van der Waals surface area contributed by atoms with Crippen LogP contribution in [-0.2, 0) is 9.63 Å². The fourth-order valence-corrected chi connectivity index (χ4v) is 2.52. The standard InChI is InChI=1S/C16H12BrFN2O2/c17-12-6-1-2-7-13(12)19-16(21)15-9-14(20-22-15)10-4-3-5-11(18)8-10/h1-8,15H,9H2,(H,19,21). The Kier molecular flexibility index (Phi) is 4.20. The molecule has 0 saturated carbocycles. The highest BCUT2D eigenvalue weighted by Gasteiger charge is 2.29. The molecule has 0 spiro atoms. The van der Waals surface area contributed by atoms with Crippen molar-refractivity contribution >= 4 is 33.2 Å². The molecule has 1 heterocycles. The number of para-hydroxylation sites is 1. The SMILES string of the molecule is O=C(Nc1ccccc1Br)C1CC(c2cccc(F)c2)=NO1. The second-order valence-electron chi connectivity index (χ2n) is 4.82. The maximum atomic E-state index is 13.2. The van der Waals surface area contributed by atoms with Gasteiger partial charge < -0.3 is 10.2 Å². The van der Waals surface area contributed by atoms with Gasteiger partial charge in [-0.2, -0.15) is 0 Å². The van der Waals surface area contributed by atoms with Crippen LogP contribution in [-0.4, -0.2) is 17.7 Å². The van der Waals surface area contributed by atoms with Gasteiger partial charge in [0.1, 0.15) is 5.82 Å². The Hall–Kier alpha value is -2.21. The average molecular weight is 363 g/mol. The minimum Gasteiger partial charge on any atom is -0.382 e. The molecule has 0 saturated heterocycles. The van der Waals surface area contributed by atoms with E-state index in [1.807, 2.05) is 18.2 Å². The normalized spacial score (nSPS) is 16.8. The molecule has 1 atom stereocenters. The average Bonchev–Trinajstić information content (AvgIpc) is 2.99. The monoisotopic (exact) mass is 362 g/mol. The number of nitrogens with zero attached hydrogens (tertiary/aromatic N) is 1. The Bertz CT molecular complexity index is 748. The van der Waals surface area contributed by atoms with Crippen LogP contribution >= 0.6 is 15.9 Å². The molecule has 4 nitrogen and oxygen atoms in total. The molecule has 0 aromatic heterocycles. The van der Waals surface area contributed by atoms with Gasteiger partial charge in [0, 0.05) is 16.5 Å². The van der Waals surface area contributed by atoms with Gasteiger partial charge in [-0.25, -0.2) is 4.39 Å². The van der Waals surface area contributed by atoms with E-state index >= 15 is 0 Å². The van der Waals surface area contributed by atoms with Crippen molar-refractivity contribution in [3.05, 3.63) is 64.4 Å². The number of amides is 1. The summed E-state index contributed by atoms with van der Waals surface area (Å²) in [6, 6.07) is 13.4. The zero-order valence-corrected chi connectivity index (χ0v) is 13.0. The molecule has 22 heavy (non-hydrogen) atoms. The first-order chi connectivity index (χ1) is 10.6. The second-order valence-corrected chi connectivity index (χ2v) is 5.67. The zero-order valence-electron chi connectivity index (χ0n) is 11.4. The molecule has 1 unspecified atom stereocenters. The number of anilines is 1. The Labute approximate surface area is 135 Å². The summed E-state index contributed by atoms with van der Waals surface area (Å²) in [7, 11) is 0. The van der Waals surface area contributed by atoms with Gasteiger partial charge in [0.25, 0.3) is 5.91 Å². The Morgan fingerprint density at radius 1 is 1.27 bits per heavy atom. The number of benzene rings is 2. The van der Waals surface area contributed by atoms with Crippen LogP contribution in [0, 0.1) is 5.82 Å². The van der Waals surface area contributed by atoms with Crippen molar-refractivity contribution in [2.24, 2.45) is 5.16 Å². The predicted octanol–water partition coefficient (Wildman–Crippen LogP) is 3.72. The van der Waals surface area contributed by atoms with E-state index in [4.69, 9.17) is 4.84 Å². The second kappa shape index (κ2) is 6.27. The minimum absolute atomic E-state index is 0.290. The molecule has 0 fully saturated rings. The van der Waals surface area contributed by atoms with Gasteiger partial charge in [-0.3, -0.25) is 4.79 Å². The number of carbonyl (C=O) groups excluding carboxylic acids is 1. The van der Waals surface area contributed by atoms with Crippen LogP contribution in [0.15, 0.2) is 58.2 Å². The van der Waals surface area contributed by atoms with Crippen LogP contribution in [0.2, 0.25) is 0 Å². The van der Waals surface area contributed by atoms with Crippen LogP contribution in [0.4, 0.5) is 10.1 Å². The predicted molar refractivity (Wildman–Crippen MR) is 85.2 cm³/mol. The largest absolute Gasteiger partial charge is 0.382 e. The third kappa shape index (κ3) is 3.17. The molecule has 0 bridgehead atoms. The smallest absolute Gasteiger partial charge is 0.268 e. The number of nitrogens with one attached hydrogen (secondary N) is 1. The highest BCUT2D eigenvalue weighted by molar-refractivity contribution is 9.10. The molecular weight excluding hydrogens is 351 g/mol. The first-order valence-corrected chi connectivity index (χ1v) is 7.47. The summed E-state index contributed by atoms with van der Waals surface area (Å²) in [4.78, 5) is 17.4. The van der Waals surface area contributed by atoms with Crippen LogP contribution < -0.4 is 5.32 Å². The molecule has 3 rings (SSSR count). The number of oxime groups is 1. The third-order valence-electron chi connectivity index (χ3n) is 3.25. The van der Waals surface area contributed by atoms with Crippen molar-refractivity contribution < 1.29 is 14.0 Å². The van der Waals surface area contributed by atoms with Crippen molar-refractivity contribution in [1.29, 1.82) is 0 Å². The van der Waals surface area contributed by atoms with Gasteiger partial charge in [-0.05, 0) is 40.2 Å². The molecule has 2 aromatic carbocycles. The Balaban J connectivity index is 1.67. The molecule has 1 amide bonds. The van der Waals surface area contributed by atoms with Crippen molar-refractivity contribution in [3.63, 3.8) is 0 Å². The zero-order chi connectivity index (χ0) is 15.5. The van der Waals surface area contributed by atoms with Crippen LogP contribution in [0.5, 0.6) is 0 Å². The lowest BCUT2D eigenvalue weighted by Gasteiger charge is -2.10. The van der Waals surface area contributed by atoms with Crippen LogP contribution in [0.3, 0.4) is 0 Å². The number of hydrogen-bond acceptors (Lipinski definition) is 3. The molecule has 1 aliphatic heterocycles. The molecule has 6 heteroatoms. The molecule has 2 aromatic rings. The Morgan fingerprint density at radius 3 is 2.86 bits per heavy atom. The summed E-state index contributed by atoms with van der Waals surface area (Å²) < 4.78 is 14.0. The van der Waals surface area contributed by atoms with Crippen molar-refractivity contribution in [3.8, 4) is 0 Å². The van der Waals surface area contributed by atoms with E-state index in [0.717, 1.165) is 4.47 Å². The van der Waals surface area contributed by atoms with Gasteiger partial charge in [0.2, 0.25) is 6.10 Å². The van der Waals surface area contributed by atoms with Crippen molar-refractivity contribution in [2.45, 2.75) is 12.5 Å². The highest BCUT2D eigenvalue weighted by atomic mass is 79.9. The summed E-state index contributed by atoms with van der Waals surface area (Å²) in [5.74, 6) is -0.636. The summed E-state index contributed by atoms with van der Waals surface area (Å²) in [5, 5.41) is 6.67. The maximum absolute atomic E-state index is 13.2. The van der Waals surface area contributed by atoms with E-state index < -0.39 is 6.10 Å². The number of rotatable bonds is 3. The third-order valence-corrected chi connectivity index (χ3v) is 3.94. The van der Waals surface area contributed by atoms with Crippen molar-refractivity contribution in [2.75, 3.05) is 5.32 Å².